The molecule has 0 radical (unpaired) electrons. The number of aromatic nitrogens is 3. The van der Waals surface area contributed by atoms with Crippen LogP contribution in [0.3, 0.4) is 0 Å². The molecule has 8 nitrogen and oxygen atoms in total. The summed E-state index contributed by atoms with van der Waals surface area (Å²) in [5.74, 6) is -0.283. The number of primary amides is 1. The first-order chi connectivity index (χ1) is 15.4. The highest BCUT2D eigenvalue weighted by Crippen LogP contribution is 2.24. The SMILES string of the molecule is COc1cccc(Cn2nc(C)c(NC(=O)c3cc(C(N)=O)nc4ccccc34)c2C)c1. The van der Waals surface area contributed by atoms with Crippen LogP contribution in [0, 0.1) is 13.8 Å². The summed E-state index contributed by atoms with van der Waals surface area (Å²) in [5.41, 5.74) is 9.45. The number of hydrogen-bond acceptors (Lipinski definition) is 5. The molecular weight excluding hydrogens is 406 g/mol. The number of nitrogens with one attached hydrogen (secondary N) is 1. The predicted molar refractivity (Wildman–Crippen MR) is 122 cm³/mol. The van der Waals surface area contributed by atoms with Crippen molar-refractivity contribution in [1.29, 1.82) is 0 Å². The lowest BCUT2D eigenvalue weighted by Crippen LogP contribution is -2.18. The van der Waals surface area contributed by atoms with Crippen molar-refractivity contribution in [2.24, 2.45) is 5.73 Å². The van der Waals surface area contributed by atoms with Crippen molar-refractivity contribution in [3.63, 3.8) is 0 Å². The number of para-hydroxylation sites is 1. The number of pyridine rings is 1. The number of aryl methyl sites for hydroxylation is 1. The van der Waals surface area contributed by atoms with E-state index < -0.39 is 5.91 Å². The Bertz CT molecular complexity index is 1340. The third-order valence-electron chi connectivity index (χ3n) is 5.30. The smallest absolute Gasteiger partial charge is 0.267 e. The summed E-state index contributed by atoms with van der Waals surface area (Å²) >= 11 is 0. The summed E-state index contributed by atoms with van der Waals surface area (Å²) in [6.07, 6.45) is 0. The van der Waals surface area contributed by atoms with Gasteiger partial charge in [0.05, 0.1) is 41.8 Å². The van der Waals surface area contributed by atoms with Crippen molar-refractivity contribution in [1.82, 2.24) is 14.8 Å². The number of methoxy groups -OCH3 is 1. The fourth-order valence-corrected chi connectivity index (χ4v) is 3.65. The molecule has 0 aliphatic carbocycles. The zero-order valence-electron chi connectivity index (χ0n) is 18.0. The number of ether oxygens (including phenoxy) is 1. The molecular formula is C24H23N5O3. The van der Waals surface area contributed by atoms with Gasteiger partial charge in [-0.25, -0.2) is 4.98 Å². The standard InChI is InChI=1S/C24H23N5O3/c1-14-22(15(2)29(28-14)13-16-7-6-8-17(11-16)32-3)27-24(31)19-12-21(23(25)30)26-20-10-5-4-9-18(19)20/h4-12H,13H2,1-3H3,(H2,25,30)(H,27,31). The highest BCUT2D eigenvalue weighted by Gasteiger charge is 2.19. The summed E-state index contributed by atoms with van der Waals surface area (Å²) in [6, 6.07) is 16.3. The van der Waals surface area contributed by atoms with Gasteiger partial charge < -0.3 is 15.8 Å². The van der Waals surface area contributed by atoms with Gasteiger partial charge in [-0.15, -0.1) is 0 Å². The molecule has 0 atom stereocenters. The van der Waals surface area contributed by atoms with Crippen LogP contribution < -0.4 is 15.8 Å². The number of carbonyl (C=O) groups excluding carboxylic acids is 2. The molecule has 2 aromatic carbocycles. The van der Waals surface area contributed by atoms with Crippen LogP contribution in [0.25, 0.3) is 10.9 Å². The zero-order valence-corrected chi connectivity index (χ0v) is 18.0. The lowest BCUT2D eigenvalue weighted by Gasteiger charge is -2.10. The molecule has 0 aliphatic heterocycles. The quantitative estimate of drug-likeness (QED) is 0.487. The van der Waals surface area contributed by atoms with E-state index in [-0.39, 0.29) is 11.6 Å². The third-order valence-corrected chi connectivity index (χ3v) is 5.30. The van der Waals surface area contributed by atoms with Gasteiger partial charge in [0, 0.05) is 5.39 Å². The second kappa shape index (κ2) is 8.50. The van der Waals surface area contributed by atoms with Crippen LogP contribution in [0.5, 0.6) is 5.75 Å². The number of rotatable bonds is 6. The van der Waals surface area contributed by atoms with Gasteiger partial charge in [-0.3, -0.25) is 14.3 Å². The first kappa shape index (κ1) is 21.0. The van der Waals surface area contributed by atoms with Crippen LogP contribution in [-0.4, -0.2) is 33.7 Å². The van der Waals surface area contributed by atoms with Crippen molar-refractivity contribution in [3.8, 4) is 5.75 Å². The molecule has 0 unspecified atom stereocenters. The maximum Gasteiger partial charge on any atom is 0.267 e. The van der Waals surface area contributed by atoms with E-state index in [2.05, 4.69) is 15.4 Å². The number of fused-ring (bicyclic) bond motifs is 1. The molecule has 2 heterocycles. The third kappa shape index (κ3) is 4.02. The van der Waals surface area contributed by atoms with Gasteiger partial charge in [-0.05, 0) is 43.7 Å². The molecule has 2 aromatic heterocycles. The number of nitrogens with zero attached hydrogens (tertiary/aromatic N) is 3. The monoisotopic (exact) mass is 429 g/mol. The fourth-order valence-electron chi connectivity index (χ4n) is 3.65. The largest absolute Gasteiger partial charge is 0.497 e. The molecule has 0 spiro atoms. The topological polar surface area (TPSA) is 112 Å². The van der Waals surface area contributed by atoms with Crippen LogP contribution in [-0.2, 0) is 6.54 Å². The summed E-state index contributed by atoms with van der Waals surface area (Å²) in [5, 5.41) is 8.18. The van der Waals surface area contributed by atoms with Crippen LogP contribution in [0.1, 0.15) is 37.8 Å². The lowest BCUT2D eigenvalue weighted by molar-refractivity contribution is 0.0996. The molecule has 3 N–H and O–H groups in total. The Labute approximate surface area is 185 Å². The molecule has 0 fully saturated rings. The molecule has 0 bridgehead atoms. The maximum absolute atomic E-state index is 13.2. The molecule has 0 saturated heterocycles. The van der Waals surface area contributed by atoms with Crippen LogP contribution in [0.2, 0.25) is 0 Å². The van der Waals surface area contributed by atoms with Crippen molar-refractivity contribution >= 4 is 28.4 Å². The molecule has 0 saturated carbocycles. The van der Waals surface area contributed by atoms with Crippen molar-refractivity contribution in [2.45, 2.75) is 20.4 Å². The van der Waals surface area contributed by atoms with Gasteiger partial charge in [-0.2, -0.15) is 5.10 Å². The van der Waals surface area contributed by atoms with E-state index in [9.17, 15) is 9.59 Å². The minimum absolute atomic E-state index is 0.0380. The molecule has 8 heteroatoms. The van der Waals surface area contributed by atoms with Crippen molar-refractivity contribution in [2.75, 3.05) is 12.4 Å². The molecule has 0 aliphatic rings. The number of amides is 2. The molecule has 4 aromatic rings. The minimum atomic E-state index is -0.691. The summed E-state index contributed by atoms with van der Waals surface area (Å²) in [4.78, 5) is 29.2. The predicted octanol–water partition coefficient (Wildman–Crippen LogP) is 3.46. The summed E-state index contributed by atoms with van der Waals surface area (Å²) in [6.45, 7) is 4.27. The first-order valence-corrected chi connectivity index (χ1v) is 10.0. The van der Waals surface area contributed by atoms with Crippen LogP contribution in [0.4, 0.5) is 5.69 Å². The molecule has 162 valence electrons. The highest BCUT2D eigenvalue weighted by molar-refractivity contribution is 6.14. The van der Waals surface area contributed by atoms with Crippen LogP contribution in [0.15, 0.2) is 54.6 Å². The summed E-state index contributed by atoms with van der Waals surface area (Å²) < 4.78 is 7.12. The number of carbonyl (C=O) groups is 2. The van der Waals surface area contributed by atoms with Gasteiger partial charge in [0.25, 0.3) is 11.8 Å². The van der Waals surface area contributed by atoms with Gasteiger partial charge in [0.2, 0.25) is 0 Å². The van der Waals surface area contributed by atoms with Crippen molar-refractivity contribution < 1.29 is 14.3 Å². The normalized spacial score (nSPS) is 10.8. The Kier molecular flexibility index (Phi) is 5.59. The van der Waals surface area contributed by atoms with E-state index in [1.165, 1.54) is 6.07 Å². The highest BCUT2D eigenvalue weighted by atomic mass is 16.5. The van der Waals surface area contributed by atoms with E-state index in [4.69, 9.17) is 10.5 Å². The van der Waals surface area contributed by atoms with Gasteiger partial charge in [-0.1, -0.05) is 30.3 Å². The average molecular weight is 429 g/mol. The van der Waals surface area contributed by atoms with Gasteiger partial charge in [0.1, 0.15) is 11.4 Å². The lowest BCUT2D eigenvalue weighted by atomic mass is 10.1. The maximum atomic E-state index is 13.2. The number of benzene rings is 2. The number of anilines is 1. The Hall–Kier alpha value is -4.20. The first-order valence-electron chi connectivity index (χ1n) is 10.0. The fraction of sp³-hybridized carbons (Fsp3) is 0.167. The van der Waals surface area contributed by atoms with Gasteiger partial charge in [0.15, 0.2) is 0 Å². The van der Waals surface area contributed by atoms with Crippen LogP contribution >= 0.6 is 0 Å². The molecule has 32 heavy (non-hydrogen) atoms. The Morgan fingerprint density at radius 1 is 1.09 bits per heavy atom. The van der Waals surface area contributed by atoms with Gasteiger partial charge >= 0.3 is 0 Å². The van der Waals surface area contributed by atoms with E-state index in [1.54, 1.807) is 25.3 Å². The second-order valence-electron chi connectivity index (χ2n) is 7.45. The number of hydrogen-bond donors (Lipinski definition) is 2. The summed E-state index contributed by atoms with van der Waals surface area (Å²) in [7, 11) is 1.63. The Morgan fingerprint density at radius 2 is 1.88 bits per heavy atom. The zero-order chi connectivity index (χ0) is 22.8. The van der Waals surface area contributed by atoms with E-state index in [1.807, 2.05) is 48.9 Å². The Balaban J connectivity index is 1.66. The average Bonchev–Trinajstić information content (AvgIpc) is 3.05. The number of nitrogens with two attached hydrogens (primary N) is 1. The van der Waals surface area contributed by atoms with E-state index in [0.717, 1.165) is 17.0 Å². The van der Waals surface area contributed by atoms with Crippen molar-refractivity contribution in [3.05, 3.63) is 82.8 Å². The van der Waals surface area contributed by atoms with E-state index in [0.29, 0.717) is 34.4 Å². The van der Waals surface area contributed by atoms with E-state index >= 15 is 0 Å². The molecule has 2 amide bonds. The Morgan fingerprint density at radius 3 is 2.62 bits per heavy atom. The molecule has 4 rings (SSSR count). The second-order valence-corrected chi connectivity index (χ2v) is 7.45. The minimum Gasteiger partial charge on any atom is -0.497 e.